The molecule has 1 aromatic carbocycles. The Labute approximate surface area is 122 Å². The van der Waals surface area contributed by atoms with Gasteiger partial charge in [0.2, 0.25) is 0 Å². The quantitative estimate of drug-likeness (QED) is 0.789. The molecule has 0 N–H and O–H groups in total. The number of pyridine rings is 1. The van der Waals surface area contributed by atoms with E-state index in [1.807, 2.05) is 42.3 Å². The molecule has 0 bridgehead atoms. The van der Waals surface area contributed by atoms with Gasteiger partial charge in [0, 0.05) is 18.8 Å². The highest BCUT2D eigenvalue weighted by atomic mass is 35.5. The Hall–Kier alpha value is -1.45. The monoisotopic (exact) mass is 296 g/mol. The summed E-state index contributed by atoms with van der Waals surface area (Å²) in [7, 11) is 3.58. The van der Waals surface area contributed by atoms with Gasteiger partial charge in [-0.2, -0.15) is 0 Å². The standard InChI is InChI=1S/C14H14Cl2N2O/c1-18(10-4-3-5-11(8-10)19-2)14-7-6-12(16)13(9-15)17-14/h3-8H,9H2,1-2H3. The molecule has 0 saturated heterocycles. The lowest BCUT2D eigenvalue weighted by atomic mass is 10.2. The van der Waals surface area contributed by atoms with Crippen molar-refractivity contribution in [3.05, 3.63) is 47.1 Å². The molecule has 0 saturated carbocycles. The molecule has 2 aromatic rings. The van der Waals surface area contributed by atoms with E-state index in [0.717, 1.165) is 17.3 Å². The van der Waals surface area contributed by atoms with Crippen LogP contribution in [0.15, 0.2) is 36.4 Å². The van der Waals surface area contributed by atoms with Crippen molar-refractivity contribution in [2.45, 2.75) is 5.88 Å². The van der Waals surface area contributed by atoms with Gasteiger partial charge < -0.3 is 9.64 Å². The molecule has 0 amide bonds. The van der Waals surface area contributed by atoms with Crippen LogP contribution in [0, 0.1) is 0 Å². The maximum Gasteiger partial charge on any atom is 0.133 e. The number of nitrogens with zero attached hydrogens (tertiary/aromatic N) is 2. The minimum atomic E-state index is 0.290. The predicted octanol–water partition coefficient (Wildman–Crippen LogP) is 4.25. The third-order valence-electron chi connectivity index (χ3n) is 2.81. The fourth-order valence-corrected chi connectivity index (χ4v) is 2.15. The summed E-state index contributed by atoms with van der Waals surface area (Å²) in [5, 5.41) is 0.581. The molecule has 2 rings (SSSR count). The normalized spacial score (nSPS) is 10.3. The van der Waals surface area contributed by atoms with Crippen LogP contribution in [0.4, 0.5) is 11.5 Å². The summed E-state index contributed by atoms with van der Waals surface area (Å²) in [5.74, 6) is 1.88. The first-order chi connectivity index (χ1) is 9.15. The van der Waals surface area contributed by atoms with Crippen molar-refractivity contribution in [3.8, 4) is 5.75 Å². The van der Waals surface area contributed by atoms with E-state index >= 15 is 0 Å². The fourth-order valence-electron chi connectivity index (χ4n) is 1.70. The van der Waals surface area contributed by atoms with E-state index in [2.05, 4.69) is 4.98 Å². The molecule has 0 aliphatic carbocycles. The molecule has 1 heterocycles. The number of ether oxygens (including phenoxy) is 1. The molecule has 1 aromatic heterocycles. The molecule has 0 fully saturated rings. The Morgan fingerprint density at radius 2 is 2.05 bits per heavy atom. The van der Waals surface area contributed by atoms with Crippen molar-refractivity contribution >= 4 is 34.7 Å². The molecule has 0 unspecified atom stereocenters. The maximum atomic E-state index is 6.01. The topological polar surface area (TPSA) is 25.4 Å². The smallest absolute Gasteiger partial charge is 0.133 e. The third-order valence-corrected chi connectivity index (χ3v) is 3.41. The van der Waals surface area contributed by atoms with Crippen LogP contribution in [0.3, 0.4) is 0 Å². The molecule has 0 radical (unpaired) electrons. The second-order valence-electron chi connectivity index (χ2n) is 3.99. The molecule has 19 heavy (non-hydrogen) atoms. The van der Waals surface area contributed by atoms with Crippen molar-refractivity contribution in [1.82, 2.24) is 4.98 Å². The highest BCUT2D eigenvalue weighted by Gasteiger charge is 2.09. The first kappa shape index (κ1) is 14.0. The number of aromatic nitrogens is 1. The van der Waals surface area contributed by atoms with Crippen LogP contribution in [0.1, 0.15) is 5.69 Å². The molecule has 0 aliphatic rings. The van der Waals surface area contributed by atoms with Crippen LogP contribution in [0.25, 0.3) is 0 Å². The highest BCUT2D eigenvalue weighted by Crippen LogP contribution is 2.27. The minimum Gasteiger partial charge on any atom is -0.497 e. The molecular formula is C14H14Cl2N2O. The Morgan fingerprint density at radius 1 is 1.26 bits per heavy atom. The van der Waals surface area contributed by atoms with Crippen LogP contribution < -0.4 is 9.64 Å². The van der Waals surface area contributed by atoms with Gasteiger partial charge in [-0.05, 0) is 24.3 Å². The van der Waals surface area contributed by atoms with Crippen molar-refractivity contribution in [1.29, 1.82) is 0 Å². The maximum absolute atomic E-state index is 6.01. The van der Waals surface area contributed by atoms with Crippen LogP contribution in [-0.4, -0.2) is 19.1 Å². The van der Waals surface area contributed by atoms with E-state index in [1.54, 1.807) is 13.2 Å². The lowest BCUT2D eigenvalue weighted by molar-refractivity contribution is 0.415. The Morgan fingerprint density at radius 3 is 2.74 bits per heavy atom. The zero-order valence-corrected chi connectivity index (χ0v) is 12.2. The first-order valence-corrected chi connectivity index (χ1v) is 6.66. The second-order valence-corrected chi connectivity index (χ2v) is 4.67. The van der Waals surface area contributed by atoms with Crippen LogP contribution in [0.5, 0.6) is 5.75 Å². The van der Waals surface area contributed by atoms with Crippen molar-refractivity contribution in [2.24, 2.45) is 0 Å². The number of halogens is 2. The van der Waals surface area contributed by atoms with E-state index in [4.69, 9.17) is 27.9 Å². The van der Waals surface area contributed by atoms with E-state index in [0.29, 0.717) is 16.6 Å². The molecule has 0 spiro atoms. The minimum absolute atomic E-state index is 0.290. The average Bonchev–Trinajstić information content (AvgIpc) is 2.47. The number of alkyl halides is 1. The fraction of sp³-hybridized carbons (Fsp3) is 0.214. The number of methoxy groups -OCH3 is 1. The van der Waals surface area contributed by atoms with Gasteiger partial charge >= 0.3 is 0 Å². The summed E-state index contributed by atoms with van der Waals surface area (Å²) in [6.45, 7) is 0. The van der Waals surface area contributed by atoms with Crippen molar-refractivity contribution in [3.63, 3.8) is 0 Å². The van der Waals surface area contributed by atoms with E-state index in [9.17, 15) is 0 Å². The number of hydrogen-bond acceptors (Lipinski definition) is 3. The zero-order valence-electron chi connectivity index (χ0n) is 10.7. The van der Waals surface area contributed by atoms with Crippen LogP contribution in [0.2, 0.25) is 5.02 Å². The molecular weight excluding hydrogens is 283 g/mol. The summed E-state index contributed by atoms with van der Waals surface area (Å²) < 4.78 is 5.22. The number of anilines is 2. The van der Waals surface area contributed by atoms with Crippen LogP contribution in [-0.2, 0) is 5.88 Å². The Balaban J connectivity index is 2.35. The van der Waals surface area contributed by atoms with Gasteiger partial charge in [-0.25, -0.2) is 4.98 Å². The Bertz CT molecular complexity index is 575. The summed E-state index contributed by atoms with van der Waals surface area (Å²) in [5.41, 5.74) is 1.66. The molecule has 0 aliphatic heterocycles. The van der Waals surface area contributed by atoms with Crippen LogP contribution >= 0.6 is 23.2 Å². The number of benzene rings is 1. The highest BCUT2D eigenvalue weighted by molar-refractivity contribution is 6.32. The van der Waals surface area contributed by atoms with Gasteiger partial charge in [0.05, 0.1) is 23.7 Å². The Kier molecular flexibility index (Phi) is 4.51. The zero-order chi connectivity index (χ0) is 13.8. The van der Waals surface area contributed by atoms with Gasteiger partial charge in [0.25, 0.3) is 0 Å². The van der Waals surface area contributed by atoms with Gasteiger partial charge in [0.15, 0.2) is 0 Å². The SMILES string of the molecule is COc1cccc(N(C)c2ccc(Cl)c(CCl)n2)c1. The van der Waals surface area contributed by atoms with Gasteiger partial charge in [0.1, 0.15) is 11.6 Å². The van der Waals surface area contributed by atoms with Crippen molar-refractivity contribution in [2.75, 3.05) is 19.1 Å². The summed E-state index contributed by atoms with van der Waals surface area (Å²) in [6, 6.07) is 11.4. The molecule has 5 heteroatoms. The predicted molar refractivity (Wildman–Crippen MR) is 79.9 cm³/mol. The lowest BCUT2D eigenvalue weighted by Gasteiger charge is -2.19. The molecule has 0 atom stereocenters. The summed E-state index contributed by atoms with van der Waals surface area (Å²) in [4.78, 5) is 6.40. The van der Waals surface area contributed by atoms with Gasteiger partial charge in [-0.1, -0.05) is 17.7 Å². The first-order valence-electron chi connectivity index (χ1n) is 5.75. The average molecular weight is 297 g/mol. The lowest BCUT2D eigenvalue weighted by Crippen LogP contribution is -2.12. The summed E-state index contributed by atoms with van der Waals surface area (Å²) >= 11 is 11.8. The van der Waals surface area contributed by atoms with E-state index < -0.39 is 0 Å². The van der Waals surface area contributed by atoms with E-state index in [1.165, 1.54) is 0 Å². The van der Waals surface area contributed by atoms with Gasteiger partial charge in [-0.15, -0.1) is 11.6 Å². The number of hydrogen-bond donors (Lipinski definition) is 0. The third kappa shape index (κ3) is 3.11. The molecule has 100 valence electrons. The van der Waals surface area contributed by atoms with E-state index in [-0.39, 0.29) is 0 Å². The molecule has 3 nitrogen and oxygen atoms in total. The summed E-state index contributed by atoms with van der Waals surface area (Å²) in [6.07, 6.45) is 0. The largest absolute Gasteiger partial charge is 0.497 e. The van der Waals surface area contributed by atoms with Gasteiger partial charge in [-0.3, -0.25) is 0 Å². The van der Waals surface area contributed by atoms with Crippen molar-refractivity contribution < 1.29 is 4.74 Å². The number of rotatable bonds is 4. The second kappa shape index (κ2) is 6.13.